The lowest BCUT2D eigenvalue weighted by Gasteiger charge is -2.18. The van der Waals surface area contributed by atoms with Crippen molar-refractivity contribution in [3.05, 3.63) is 29.8 Å². The van der Waals surface area contributed by atoms with Crippen LogP contribution >= 0.6 is 0 Å². The monoisotopic (exact) mass is 318 g/mol. The number of nitrogens with zero attached hydrogens (tertiary/aromatic N) is 2. The van der Waals surface area contributed by atoms with Crippen molar-refractivity contribution >= 4 is 5.96 Å². The Bertz CT molecular complexity index is 496. The van der Waals surface area contributed by atoms with Gasteiger partial charge in [0.1, 0.15) is 12.4 Å². The van der Waals surface area contributed by atoms with E-state index in [1.54, 1.807) is 0 Å². The van der Waals surface area contributed by atoms with Gasteiger partial charge in [-0.05, 0) is 33.0 Å². The van der Waals surface area contributed by atoms with Crippen molar-refractivity contribution in [1.82, 2.24) is 15.5 Å². The molecule has 23 heavy (non-hydrogen) atoms. The number of para-hydroxylation sites is 1. The third-order valence-corrected chi connectivity index (χ3v) is 4.13. The molecule has 0 spiro atoms. The summed E-state index contributed by atoms with van der Waals surface area (Å²) in [6.07, 6.45) is 5.12. The van der Waals surface area contributed by atoms with Crippen molar-refractivity contribution in [2.24, 2.45) is 4.99 Å². The molecule has 0 saturated heterocycles. The van der Waals surface area contributed by atoms with Crippen molar-refractivity contribution in [2.45, 2.75) is 38.3 Å². The van der Waals surface area contributed by atoms with Crippen LogP contribution in [0.5, 0.6) is 5.75 Å². The fourth-order valence-corrected chi connectivity index (χ4v) is 2.77. The summed E-state index contributed by atoms with van der Waals surface area (Å²) in [6, 6.07) is 8.75. The van der Waals surface area contributed by atoms with Crippen LogP contribution in [-0.4, -0.2) is 51.2 Å². The molecule has 0 aliphatic heterocycles. The van der Waals surface area contributed by atoms with E-state index >= 15 is 0 Å². The minimum absolute atomic E-state index is 0.563. The molecule has 5 nitrogen and oxygen atoms in total. The van der Waals surface area contributed by atoms with Crippen molar-refractivity contribution in [3.63, 3.8) is 0 Å². The van der Waals surface area contributed by atoms with Crippen LogP contribution in [0.2, 0.25) is 0 Å². The topological polar surface area (TPSA) is 48.9 Å². The van der Waals surface area contributed by atoms with Gasteiger partial charge in [-0.3, -0.25) is 4.99 Å². The summed E-state index contributed by atoms with van der Waals surface area (Å²) in [5, 5.41) is 6.91. The van der Waals surface area contributed by atoms with E-state index in [-0.39, 0.29) is 0 Å². The quantitative estimate of drug-likeness (QED) is 0.598. The molecule has 0 atom stereocenters. The predicted molar refractivity (Wildman–Crippen MR) is 96.1 cm³/mol. The molecular weight excluding hydrogens is 288 g/mol. The molecular formula is C18H30N4O. The van der Waals surface area contributed by atoms with Gasteiger partial charge in [-0.15, -0.1) is 0 Å². The minimum atomic E-state index is 0.563. The first kappa shape index (κ1) is 17.6. The van der Waals surface area contributed by atoms with Crippen molar-refractivity contribution < 1.29 is 4.74 Å². The van der Waals surface area contributed by atoms with E-state index in [4.69, 9.17) is 4.74 Å². The first-order chi connectivity index (χ1) is 11.2. The third kappa shape index (κ3) is 6.10. The molecule has 0 amide bonds. The standard InChI is InChI=1S/C18H30N4O/c1-19-18(21-16-9-5-6-10-16)20-14-15-8-4-7-11-17(15)23-13-12-22(2)3/h4,7-8,11,16H,5-6,9-10,12-14H2,1-3H3,(H2,19,20,21). The van der Waals surface area contributed by atoms with Crippen molar-refractivity contribution in [2.75, 3.05) is 34.3 Å². The zero-order valence-corrected chi connectivity index (χ0v) is 14.6. The van der Waals surface area contributed by atoms with Gasteiger partial charge in [0.15, 0.2) is 5.96 Å². The van der Waals surface area contributed by atoms with Crippen molar-refractivity contribution in [1.29, 1.82) is 0 Å². The molecule has 128 valence electrons. The summed E-state index contributed by atoms with van der Waals surface area (Å²) in [6.45, 7) is 2.32. The highest BCUT2D eigenvalue weighted by atomic mass is 16.5. The van der Waals surface area contributed by atoms with Crippen LogP contribution in [0, 0.1) is 0 Å². The number of hydrogen-bond acceptors (Lipinski definition) is 3. The normalized spacial score (nSPS) is 15.9. The highest BCUT2D eigenvalue weighted by Gasteiger charge is 2.16. The van der Waals surface area contributed by atoms with E-state index in [2.05, 4.69) is 40.7 Å². The van der Waals surface area contributed by atoms with Gasteiger partial charge in [0.2, 0.25) is 0 Å². The summed E-state index contributed by atoms with van der Waals surface area (Å²) < 4.78 is 5.91. The first-order valence-corrected chi connectivity index (χ1v) is 8.51. The predicted octanol–water partition coefficient (Wildman–Crippen LogP) is 2.23. The van der Waals surface area contributed by atoms with Crippen LogP contribution in [0.4, 0.5) is 0 Å². The molecule has 1 saturated carbocycles. The molecule has 2 N–H and O–H groups in total. The molecule has 0 bridgehead atoms. The average molecular weight is 318 g/mol. The molecule has 1 aliphatic rings. The van der Waals surface area contributed by atoms with Gasteiger partial charge in [-0.1, -0.05) is 31.0 Å². The average Bonchev–Trinajstić information content (AvgIpc) is 3.05. The Hall–Kier alpha value is -1.75. The van der Waals surface area contributed by atoms with Gasteiger partial charge >= 0.3 is 0 Å². The summed E-state index contributed by atoms with van der Waals surface area (Å²) in [7, 11) is 5.93. The van der Waals surface area contributed by atoms with Crippen LogP contribution in [0.3, 0.4) is 0 Å². The maximum absolute atomic E-state index is 5.91. The molecule has 0 heterocycles. The number of hydrogen-bond donors (Lipinski definition) is 2. The largest absolute Gasteiger partial charge is 0.492 e. The SMILES string of the molecule is CN=C(NCc1ccccc1OCCN(C)C)NC1CCCC1. The molecule has 1 fully saturated rings. The van der Waals surface area contributed by atoms with Crippen LogP contribution in [0.1, 0.15) is 31.2 Å². The molecule has 5 heteroatoms. The number of nitrogens with one attached hydrogen (secondary N) is 2. The van der Waals surface area contributed by atoms with Gasteiger partial charge in [-0.25, -0.2) is 0 Å². The Morgan fingerprint density at radius 3 is 2.70 bits per heavy atom. The number of rotatable bonds is 7. The Kier molecular flexibility index (Phi) is 7.20. The van der Waals surface area contributed by atoms with E-state index in [1.807, 2.05) is 25.2 Å². The van der Waals surface area contributed by atoms with Gasteiger partial charge < -0.3 is 20.3 Å². The van der Waals surface area contributed by atoms with Gasteiger partial charge in [-0.2, -0.15) is 0 Å². The highest BCUT2D eigenvalue weighted by Crippen LogP contribution is 2.19. The van der Waals surface area contributed by atoms with E-state index in [0.717, 1.165) is 23.8 Å². The van der Waals surface area contributed by atoms with Gasteiger partial charge in [0.25, 0.3) is 0 Å². The summed E-state index contributed by atoms with van der Waals surface area (Å²) in [4.78, 5) is 6.45. The second kappa shape index (κ2) is 9.40. The van der Waals surface area contributed by atoms with Crippen molar-refractivity contribution in [3.8, 4) is 5.75 Å². The Morgan fingerprint density at radius 1 is 1.26 bits per heavy atom. The first-order valence-electron chi connectivity index (χ1n) is 8.51. The molecule has 1 aromatic rings. The molecule has 1 aliphatic carbocycles. The van der Waals surface area contributed by atoms with E-state index in [0.29, 0.717) is 19.2 Å². The molecule has 0 radical (unpaired) electrons. The third-order valence-electron chi connectivity index (χ3n) is 4.13. The molecule has 0 aromatic heterocycles. The lowest BCUT2D eigenvalue weighted by atomic mass is 10.2. The Balaban J connectivity index is 1.85. The van der Waals surface area contributed by atoms with Crippen LogP contribution in [-0.2, 0) is 6.54 Å². The lowest BCUT2D eigenvalue weighted by molar-refractivity contribution is 0.259. The summed E-state index contributed by atoms with van der Waals surface area (Å²) >= 11 is 0. The lowest BCUT2D eigenvalue weighted by Crippen LogP contribution is -2.42. The second-order valence-electron chi connectivity index (χ2n) is 6.31. The van der Waals surface area contributed by atoms with E-state index in [1.165, 1.54) is 25.7 Å². The zero-order valence-electron chi connectivity index (χ0n) is 14.6. The number of ether oxygens (including phenoxy) is 1. The molecule has 0 unspecified atom stereocenters. The smallest absolute Gasteiger partial charge is 0.191 e. The maximum Gasteiger partial charge on any atom is 0.191 e. The van der Waals surface area contributed by atoms with Gasteiger partial charge in [0.05, 0.1) is 0 Å². The molecule has 1 aromatic carbocycles. The molecule has 2 rings (SSSR count). The fourth-order valence-electron chi connectivity index (χ4n) is 2.77. The zero-order chi connectivity index (χ0) is 16.5. The number of likely N-dealkylation sites (N-methyl/N-ethyl adjacent to an activating group) is 1. The van der Waals surface area contributed by atoms with Gasteiger partial charge in [0, 0.05) is 31.7 Å². The number of aliphatic imine (C=N–C) groups is 1. The summed E-state index contributed by atoms with van der Waals surface area (Å²) in [5.74, 6) is 1.82. The number of benzene rings is 1. The van der Waals surface area contributed by atoms with E-state index in [9.17, 15) is 0 Å². The van der Waals surface area contributed by atoms with Crippen LogP contribution in [0.25, 0.3) is 0 Å². The highest BCUT2D eigenvalue weighted by molar-refractivity contribution is 5.80. The second-order valence-corrected chi connectivity index (χ2v) is 6.31. The summed E-state index contributed by atoms with van der Waals surface area (Å²) in [5.41, 5.74) is 1.15. The van der Waals surface area contributed by atoms with Crippen LogP contribution in [0.15, 0.2) is 29.3 Å². The Labute approximate surface area is 140 Å². The van der Waals surface area contributed by atoms with Crippen LogP contribution < -0.4 is 15.4 Å². The number of guanidine groups is 1. The maximum atomic E-state index is 5.91. The Morgan fingerprint density at radius 2 is 2.00 bits per heavy atom. The fraction of sp³-hybridized carbons (Fsp3) is 0.611. The van der Waals surface area contributed by atoms with E-state index < -0.39 is 0 Å². The minimum Gasteiger partial charge on any atom is -0.492 e.